The minimum absolute atomic E-state index is 0.560. The van der Waals surface area contributed by atoms with Crippen LogP contribution >= 0.6 is 0 Å². The van der Waals surface area contributed by atoms with Crippen molar-refractivity contribution < 1.29 is 5.11 Å². The van der Waals surface area contributed by atoms with E-state index in [1.807, 2.05) is 18.9 Å². The van der Waals surface area contributed by atoms with E-state index in [0.29, 0.717) is 11.4 Å². The number of hydrogen-bond acceptors (Lipinski definition) is 4. The largest absolute Gasteiger partial charge is 0.401 e. The van der Waals surface area contributed by atoms with Gasteiger partial charge in [-0.3, -0.25) is 0 Å². The van der Waals surface area contributed by atoms with Gasteiger partial charge in [-0.2, -0.15) is 0 Å². The minimum Gasteiger partial charge on any atom is -0.401 e. The van der Waals surface area contributed by atoms with Crippen LogP contribution in [0.4, 0.5) is 0 Å². The van der Waals surface area contributed by atoms with Crippen molar-refractivity contribution in [3.8, 4) is 0 Å². The Kier molecular flexibility index (Phi) is 3.92. The summed E-state index contributed by atoms with van der Waals surface area (Å²) in [5, 5.41) is 9.08. The zero-order valence-electron chi connectivity index (χ0n) is 7.33. The molecule has 66 valence electrons. The highest BCUT2D eigenvalue weighted by atomic mass is 16.3. The van der Waals surface area contributed by atoms with Gasteiger partial charge in [-0.05, 0) is 13.8 Å². The first-order valence-corrected chi connectivity index (χ1v) is 3.61. The fourth-order valence-corrected chi connectivity index (χ4v) is 0.930. The summed E-state index contributed by atoms with van der Waals surface area (Å²) < 4.78 is 0. The highest BCUT2D eigenvalue weighted by Gasteiger charge is 2.11. The molecule has 4 heteroatoms. The SMILES string of the molecule is CCN(C)/C(=C(\C)N)C(N)O. The lowest BCUT2D eigenvalue weighted by Gasteiger charge is -2.23. The fraction of sp³-hybridized carbons (Fsp3) is 0.714. The van der Waals surface area contributed by atoms with Gasteiger partial charge >= 0.3 is 0 Å². The van der Waals surface area contributed by atoms with Gasteiger partial charge in [0.25, 0.3) is 0 Å². The van der Waals surface area contributed by atoms with Crippen LogP contribution in [0.5, 0.6) is 0 Å². The maximum absolute atomic E-state index is 9.08. The molecule has 0 rings (SSSR count). The molecule has 1 atom stereocenters. The maximum Gasteiger partial charge on any atom is 0.145 e. The second-order valence-corrected chi connectivity index (χ2v) is 2.53. The molecule has 0 aliphatic heterocycles. The monoisotopic (exact) mass is 159 g/mol. The van der Waals surface area contributed by atoms with E-state index in [1.54, 1.807) is 6.92 Å². The van der Waals surface area contributed by atoms with Gasteiger partial charge < -0.3 is 21.5 Å². The number of aliphatic hydroxyl groups is 1. The Labute approximate surface area is 67.5 Å². The van der Waals surface area contributed by atoms with Crippen molar-refractivity contribution >= 4 is 0 Å². The smallest absolute Gasteiger partial charge is 0.145 e. The predicted octanol–water partition coefficient (Wildman–Crippen LogP) is -0.595. The fourth-order valence-electron chi connectivity index (χ4n) is 0.930. The summed E-state index contributed by atoms with van der Waals surface area (Å²) in [6.45, 7) is 4.46. The normalized spacial score (nSPS) is 15.7. The molecular weight excluding hydrogens is 142 g/mol. The summed E-state index contributed by atoms with van der Waals surface area (Å²) in [6, 6.07) is 0. The van der Waals surface area contributed by atoms with Crippen LogP contribution in [0.25, 0.3) is 0 Å². The number of likely N-dealkylation sites (N-methyl/N-ethyl adjacent to an activating group) is 1. The highest BCUT2D eigenvalue weighted by Crippen LogP contribution is 2.05. The molecule has 0 aromatic heterocycles. The second kappa shape index (κ2) is 4.20. The molecular formula is C7H17N3O. The molecule has 0 saturated heterocycles. The van der Waals surface area contributed by atoms with E-state index in [4.69, 9.17) is 16.6 Å². The zero-order chi connectivity index (χ0) is 9.02. The van der Waals surface area contributed by atoms with E-state index in [2.05, 4.69) is 0 Å². The van der Waals surface area contributed by atoms with Crippen LogP contribution in [0.1, 0.15) is 13.8 Å². The number of aliphatic hydroxyl groups excluding tert-OH is 1. The van der Waals surface area contributed by atoms with Crippen LogP contribution in [0.3, 0.4) is 0 Å². The molecule has 0 spiro atoms. The quantitative estimate of drug-likeness (QED) is 0.481. The average Bonchev–Trinajstić information content (AvgIpc) is 1.85. The van der Waals surface area contributed by atoms with E-state index < -0.39 is 6.23 Å². The summed E-state index contributed by atoms with van der Waals surface area (Å²) >= 11 is 0. The molecule has 5 N–H and O–H groups in total. The summed E-state index contributed by atoms with van der Waals surface area (Å²) in [5.74, 6) is 0. The van der Waals surface area contributed by atoms with E-state index in [1.165, 1.54) is 0 Å². The molecule has 0 aromatic carbocycles. The third-order valence-corrected chi connectivity index (χ3v) is 1.57. The van der Waals surface area contributed by atoms with Crippen LogP contribution in [-0.2, 0) is 0 Å². The summed E-state index contributed by atoms with van der Waals surface area (Å²) in [6.07, 6.45) is -0.982. The number of nitrogens with two attached hydrogens (primary N) is 2. The van der Waals surface area contributed by atoms with Crippen molar-refractivity contribution in [3.05, 3.63) is 11.4 Å². The van der Waals surface area contributed by atoms with Crippen molar-refractivity contribution in [1.29, 1.82) is 0 Å². The number of nitrogens with zero attached hydrogens (tertiary/aromatic N) is 1. The first kappa shape index (κ1) is 10.3. The molecule has 0 aliphatic rings. The first-order valence-electron chi connectivity index (χ1n) is 3.61. The molecule has 1 unspecified atom stereocenters. The van der Waals surface area contributed by atoms with Gasteiger partial charge in [0.05, 0.1) is 5.70 Å². The molecule has 0 heterocycles. The van der Waals surface area contributed by atoms with Gasteiger partial charge in [0.1, 0.15) is 6.23 Å². The van der Waals surface area contributed by atoms with Crippen molar-refractivity contribution in [3.63, 3.8) is 0 Å². The predicted molar refractivity (Wildman–Crippen MR) is 45.4 cm³/mol. The molecule has 11 heavy (non-hydrogen) atoms. The third-order valence-electron chi connectivity index (χ3n) is 1.57. The molecule has 0 aromatic rings. The first-order chi connectivity index (χ1) is 5.00. The van der Waals surface area contributed by atoms with Gasteiger partial charge in [-0.25, -0.2) is 0 Å². The molecule has 0 fully saturated rings. The Bertz CT molecular complexity index is 150. The Hall–Kier alpha value is -0.740. The topological polar surface area (TPSA) is 75.5 Å². The highest BCUT2D eigenvalue weighted by molar-refractivity contribution is 5.10. The number of allylic oxidation sites excluding steroid dienone is 1. The van der Waals surface area contributed by atoms with Crippen LogP contribution < -0.4 is 11.5 Å². The van der Waals surface area contributed by atoms with Crippen LogP contribution in [0, 0.1) is 0 Å². The van der Waals surface area contributed by atoms with Gasteiger partial charge in [-0.15, -0.1) is 0 Å². The molecule has 0 radical (unpaired) electrons. The van der Waals surface area contributed by atoms with Gasteiger partial charge in [0, 0.05) is 19.3 Å². The summed E-state index contributed by atoms with van der Waals surface area (Å²) in [4.78, 5) is 1.82. The van der Waals surface area contributed by atoms with Gasteiger partial charge in [0.2, 0.25) is 0 Å². The zero-order valence-corrected chi connectivity index (χ0v) is 7.33. The Morgan fingerprint density at radius 3 is 2.18 bits per heavy atom. The van der Waals surface area contributed by atoms with E-state index in [-0.39, 0.29) is 0 Å². The third kappa shape index (κ3) is 2.78. The lowest BCUT2D eigenvalue weighted by molar-refractivity contribution is 0.178. The van der Waals surface area contributed by atoms with E-state index in [9.17, 15) is 0 Å². The minimum atomic E-state index is -0.982. The van der Waals surface area contributed by atoms with Gasteiger partial charge in [-0.1, -0.05) is 0 Å². The van der Waals surface area contributed by atoms with Gasteiger partial charge in [0.15, 0.2) is 0 Å². The van der Waals surface area contributed by atoms with Crippen molar-refractivity contribution in [2.75, 3.05) is 13.6 Å². The van der Waals surface area contributed by atoms with Crippen LogP contribution in [0.2, 0.25) is 0 Å². The second-order valence-electron chi connectivity index (χ2n) is 2.53. The van der Waals surface area contributed by atoms with Crippen LogP contribution in [-0.4, -0.2) is 29.8 Å². The molecule has 4 nitrogen and oxygen atoms in total. The molecule has 0 amide bonds. The van der Waals surface area contributed by atoms with E-state index >= 15 is 0 Å². The Balaban J connectivity index is 4.49. The van der Waals surface area contributed by atoms with E-state index in [0.717, 1.165) is 6.54 Å². The van der Waals surface area contributed by atoms with Crippen molar-refractivity contribution in [2.45, 2.75) is 20.1 Å². The molecule has 0 saturated carbocycles. The molecule has 0 bridgehead atoms. The summed E-state index contributed by atoms with van der Waals surface area (Å²) in [7, 11) is 1.84. The van der Waals surface area contributed by atoms with Crippen molar-refractivity contribution in [1.82, 2.24) is 4.90 Å². The van der Waals surface area contributed by atoms with Crippen molar-refractivity contribution in [2.24, 2.45) is 11.5 Å². The molecule has 0 aliphatic carbocycles. The lowest BCUT2D eigenvalue weighted by Crippen LogP contribution is -2.34. The number of rotatable bonds is 3. The number of hydrogen-bond donors (Lipinski definition) is 3. The standard InChI is InChI=1S/C7H17N3O/c1-4-10(3)6(5(2)8)7(9)11/h7,11H,4,8-9H2,1-3H3/b6-5+. The summed E-state index contributed by atoms with van der Waals surface area (Å²) in [5.41, 5.74) is 12.0. The Morgan fingerprint density at radius 2 is 2.09 bits per heavy atom. The average molecular weight is 159 g/mol. The van der Waals surface area contributed by atoms with Crippen LogP contribution in [0.15, 0.2) is 11.4 Å². The maximum atomic E-state index is 9.08. The Morgan fingerprint density at radius 1 is 1.64 bits per heavy atom. The lowest BCUT2D eigenvalue weighted by atomic mass is 10.3.